The Morgan fingerprint density at radius 3 is 2.52 bits per heavy atom. The molecule has 2 heterocycles. The van der Waals surface area contributed by atoms with Crippen LogP contribution in [0.5, 0.6) is 0 Å². The first-order valence-electron chi connectivity index (χ1n) is 9.00. The molecule has 1 aromatic carbocycles. The van der Waals surface area contributed by atoms with E-state index in [0.29, 0.717) is 17.1 Å². The topological polar surface area (TPSA) is 102 Å². The molecule has 0 aliphatic carbocycles. The van der Waals surface area contributed by atoms with E-state index in [-0.39, 0.29) is 23.4 Å². The highest BCUT2D eigenvalue weighted by Crippen LogP contribution is 2.16. The van der Waals surface area contributed by atoms with Gasteiger partial charge in [0.15, 0.2) is 0 Å². The molecule has 1 atom stereocenters. The van der Waals surface area contributed by atoms with Crippen LogP contribution < -0.4 is 10.0 Å². The van der Waals surface area contributed by atoms with Gasteiger partial charge in [-0.2, -0.15) is 0 Å². The van der Waals surface area contributed by atoms with Gasteiger partial charge >= 0.3 is 0 Å². The number of furan rings is 2. The number of carbonyl (C=O) groups is 1. The molecule has 0 fully saturated rings. The Morgan fingerprint density at radius 1 is 1.14 bits per heavy atom. The molecular formula is C21H22N2O5S. The smallest absolute Gasteiger partial charge is 0.244 e. The lowest BCUT2D eigenvalue weighted by Gasteiger charge is -2.09. The lowest BCUT2D eigenvalue weighted by Crippen LogP contribution is -2.24. The van der Waals surface area contributed by atoms with Gasteiger partial charge < -0.3 is 14.2 Å². The number of aryl methyl sites for hydroxylation is 1. The molecule has 0 saturated carbocycles. The number of hydrogen-bond acceptors (Lipinski definition) is 5. The summed E-state index contributed by atoms with van der Waals surface area (Å²) in [6, 6.07) is 13.0. The summed E-state index contributed by atoms with van der Waals surface area (Å²) in [6.45, 7) is 3.75. The van der Waals surface area contributed by atoms with Gasteiger partial charge in [0.1, 0.15) is 17.3 Å². The predicted molar refractivity (Wildman–Crippen MR) is 108 cm³/mol. The fourth-order valence-corrected chi connectivity index (χ4v) is 3.60. The van der Waals surface area contributed by atoms with Crippen molar-refractivity contribution in [2.45, 2.75) is 31.3 Å². The van der Waals surface area contributed by atoms with Crippen LogP contribution in [0, 0.1) is 6.92 Å². The summed E-state index contributed by atoms with van der Waals surface area (Å²) in [6.07, 6.45) is 4.49. The van der Waals surface area contributed by atoms with Crippen LogP contribution in [0.4, 0.5) is 0 Å². The van der Waals surface area contributed by atoms with Gasteiger partial charge in [0.2, 0.25) is 15.9 Å². The van der Waals surface area contributed by atoms with Crippen molar-refractivity contribution in [3.63, 3.8) is 0 Å². The number of rotatable bonds is 8. The zero-order chi connectivity index (χ0) is 20.9. The summed E-state index contributed by atoms with van der Waals surface area (Å²) in [4.78, 5) is 12.2. The first-order chi connectivity index (χ1) is 13.8. The molecule has 2 N–H and O–H groups in total. The van der Waals surface area contributed by atoms with Gasteiger partial charge in [0, 0.05) is 6.08 Å². The van der Waals surface area contributed by atoms with Crippen molar-refractivity contribution in [2.75, 3.05) is 0 Å². The van der Waals surface area contributed by atoms with Crippen molar-refractivity contribution in [1.29, 1.82) is 0 Å². The van der Waals surface area contributed by atoms with E-state index in [9.17, 15) is 13.2 Å². The number of sulfonamides is 1. The molecule has 8 heteroatoms. The lowest BCUT2D eigenvalue weighted by molar-refractivity contribution is -0.117. The minimum Gasteiger partial charge on any atom is -0.468 e. The predicted octanol–water partition coefficient (Wildman–Crippen LogP) is 3.55. The van der Waals surface area contributed by atoms with E-state index in [2.05, 4.69) is 10.0 Å². The van der Waals surface area contributed by atoms with E-state index in [1.54, 1.807) is 30.3 Å². The molecule has 0 spiro atoms. The molecule has 7 nitrogen and oxygen atoms in total. The first kappa shape index (κ1) is 20.6. The maximum atomic E-state index is 12.3. The van der Waals surface area contributed by atoms with E-state index >= 15 is 0 Å². The summed E-state index contributed by atoms with van der Waals surface area (Å²) < 4.78 is 37.7. The maximum Gasteiger partial charge on any atom is 0.244 e. The summed E-state index contributed by atoms with van der Waals surface area (Å²) >= 11 is 0. The Morgan fingerprint density at radius 2 is 1.90 bits per heavy atom. The zero-order valence-electron chi connectivity index (χ0n) is 16.1. The third kappa shape index (κ3) is 5.69. The maximum absolute atomic E-state index is 12.3. The fraction of sp³-hybridized carbons (Fsp3) is 0.190. The highest BCUT2D eigenvalue weighted by molar-refractivity contribution is 7.89. The Labute approximate surface area is 169 Å². The summed E-state index contributed by atoms with van der Waals surface area (Å²) in [5, 5.41) is 2.81. The molecular weight excluding hydrogens is 392 g/mol. The Hall–Kier alpha value is -3.10. The van der Waals surface area contributed by atoms with Crippen LogP contribution in [-0.4, -0.2) is 14.3 Å². The van der Waals surface area contributed by atoms with Crippen LogP contribution in [-0.2, 0) is 21.4 Å². The Kier molecular flexibility index (Phi) is 6.36. The van der Waals surface area contributed by atoms with Crippen molar-refractivity contribution >= 4 is 22.0 Å². The molecule has 2 aromatic heterocycles. The lowest BCUT2D eigenvalue weighted by atomic mass is 10.2. The van der Waals surface area contributed by atoms with Crippen molar-refractivity contribution in [1.82, 2.24) is 10.0 Å². The fourth-order valence-electron chi connectivity index (χ4n) is 2.61. The van der Waals surface area contributed by atoms with Gasteiger partial charge in [0.25, 0.3) is 0 Å². The van der Waals surface area contributed by atoms with Gasteiger partial charge in [0.05, 0.1) is 23.7 Å². The average molecular weight is 414 g/mol. The second-order valence-electron chi connectivity index (χ2n) is 6.48. The van der Waals surface area contributed by atoms with E-state index in [4.69, 9.17) is 8.83 Å². The van der Waals surface area contributed by atoms with E-state index in [1.807, 2.05) is 26.0 Å². The van der Waals surface area contributed by atoms with Crippen molar-refractivity contribution in [3.05, 3.63) is 83.7 Å². The molecule has 1 amide bonds. The van der Waals surface area contributed by atoms with Gasteiger partial charge in [-0.25, -0.2) is 13.1 Å². The zero-order valence-corrected chi connectivity index (χ0v) is 16.9. The average Bonchev–Trinajstić information content (AvgIpc) is 3.37. The molecule has 0 aliphatic heterocycles. The van der Waals surface area contributed by atoms with Gasteiger partial charge in [-0.1, -0.05) is 12.1 Å². The van der Waals surface area contributed by atoms with Crippen LogP contribution in [0.15, 0.2) is 74.6 Å². The van der Waals surface area contributed by atoms with E-state index in [1.165, 1.54) is 24.5 Å². The van der Waals surface area contributed by atoms with Gasteiger partial charge in [-0.15, -0.1) is 0 Å². The van der Waals surface area contributed by atoms with Crippen LogP contribution in [0.2, 0.25) is 0 Å². The van der Waals surface area contributed by atoms with Crippen LogP contribution in [0.1, 0.15) is 35.8 Å². The monoisotopic (exact) mass is 414 g/mol. The normalized spacial score (nSPS) is 12.9. The minimum atomic E-state index is -3.65. The molecule has 0 bridgehead atoms. The first-order valence-corrected chi connectivity index (χ1v) is 10.5. The number of amides is 1. The third-order valence-electron chi connectivity index (χ3n) is 4.18. The van der Waals surface area contributed by atoms with E-state index in [0.717, 1.165) is 5.76 Å². The summed E-state index contributed by atoms with van der Waals surface area (Å²) in [5.74, 6) is 1.72. The second-order valence-corrected chi connectivity index (χ2v) is 8.25. The molecule has 3 aromatic rings. The minimum absolute atomic E-state index is 0.0739. The largest absolute Gasteiger partial charge is 0.468 e. The third-order valence-corrected chi connectivity index (χ3v) is 5.60. The quantitative estimate of drug-likeness (QED) is 0.549. The Balaban J connectivity index is 1.57. The number of benzene rings is 1. The van der Waals surface area contributed by atoms with Crippen LogP contribution in [0.3, 0.4) is 0 Å². The molecule has 152 valence electrons. The highest BCUT2D eigenvalue weighted by Gasteiger charge is 2.14. The molecule has 1 unspecified atom stereocenters. The standard InChI is InChI=1S/C21H22N2O5S/c1-15-5-11-20(28-15)16(2)23-21(24)12-8-17-6-9-19(10-7-17)29(25,26)22-14-18-4-3-13-27-18/h3-13,16,22H,14H2,1-2H3,(H,23,24)/b12-8+. The van der Waals surface area contributed by atoms with E-state index < -0.39 is 10.0 Å². The number of carbonyl (C=O) groups excluding carboxylic acids is 1. The molecule has 3 rings (SSSR count). The van der Waals surface area contributed by atoms with Crippen LogP contribution in [0.25, 0.3) is 6.08 Å². The Bertz CT molecular complexity index is 1080. The molecule has 0 aliphatic rings. The number of hydrogen-bond donors (Lipinski definition) is 2. The number of nitrogens with one attached hydrogen (secondary N) is 2. The molecule has 29 heavy (non-hydrogen) atoms. The van der Waals surface area contributed by atoms with Crippen molar-refractivity contribution in [2.24, 2.45) is 0 Å². The van der Waals surface area contributed by atoms with Crippen molar-refractivity contribution < 1.29 is 22.0 Å². The summed E-state index contributed by atoms with van der Waals surface area (Å²) in [5.41, 5.74) is 0.701. The second kappa shape index (κ2) is 8.93. The van der Waals surface area contributed by atoms with Gasteiger partial charge in [-0.05, 0) is 61.9 Å². The van der Waals surface area contributed by atoms with Crippen LogP contribution >= 0.6 is 0 Å². The summed E-state index contributed by atoms with van der Waals surface area (Å²) in [7, 11) is -3.65. The van der Waals surface area contributed by atoms with Gasteiger partial charge in [-0.3, -0.25) is 4.79 Å². The highest BCUT2D eigenvalue weighted by atomic mass is 32.2. The molecule has 0 radical (unpaired) electrons. The molecule has 0 saturated heterocycles. The SMILES string of the molecule is Cc1ccc(C(C)NC(=O)/C=C/c2ccc(S(=O)(=O)NCc3ccco3)cc2)o1. The van der Waals surface area contributed by atoms with Crippen molar-refractivity contribution in [3.8, 4) is 0 Å².